The van der Waals surface area contributed by atoms with E-state index in [4.69, 9.17) is 11.6 Å². The summed E-state index contributed by atoms with van der Waals surface area (Å²) in [6, 6.07) is 9.66. The van der Waals surface area contributed by atoms with Crippen molar-refractivity contribution in [1.82, 2.24) is 0 Å². The molecule has 0 amide bonds. The van der Waals surface area contributed by atoms with Gasteiger partial charge in [0.25, 0.3) is 0 Å². The zero-order valence-corrected chi connectivity index (χ0v) is 10.9. The van der Waals surface area contributed by atoms with Gasteiger partial charge in [-0.3, -0.25) is 4.79 Å². The molecule has 0 fully saturated rings. The number of hydrogen-bond donors (Lipinski definition) is 0. The van der Waals surface area contributed by atoms with Gasteiger partial charge >= 0.3 is 0 Å². The van der Waals surface area contributed by atoms with Crippen LogP contribution in [0.3, 0.4) is 0 Å². The first-order valence-electron chi connectivity index (χ1n) is 5.56. The quantitative estimate of drug-likeness (QED) is 0.737. The topological polar surface area (TPSA) is 17.1 Å². The first-order chi connectivity index (χ1) is 8.50. The van der Waals surface area contributed by atoms with Crippen molar-refractivity contribution in [2.45, 2.75) is 13.8 Å². The Kier molecular flexibility index (Phi) is 3.48. The second-order valence-corrected chi connectivity index (χ2v) is 4.65. The monoisotopic (exact) mass is 262 g/mol. The fourth-order valence-electron chi connectivity index (χ4n) is 1.92. The summed E-state index contributed by atoms with van der Waals surface area (Å²) in [7, 11) is 0. The van der Waals surface area contributed by atoms with Crippen LogP contribution >= 0.6 is 11.6 Å². The van der Waals surface area contributed by atoms with E-state index in [9.17, 15) is 9.18 Å². The van der Waals surface area contributed by atoms with E-state index in [0.29, 0.717) is 5.56 Å². The van der Waals surface area contributed by atoms with Crippen LogP contribution in [0.25, 0.3) is 0 Å². The van der Waals surface area contributed by atoms with E-state index in [-0.39, 0.29) is 16.4 Å². The second-order valence-electron chi connectivity index (χ2n) is 4.24. The van der Waals surface area contributed by atoms with Gasteiger partial charge in [0.2, 0.25) is 0 Å². The van der Waals surface area contributed by atoms with E-state index in [1.165, 1.54) is 18.2 Å². The number of halogens is 2. The highest BCUT2D eigenvalue weighted by Gasteiger charge is 2.18. The number of carbonyl (C=O) groups is 1. The van der Waals surface area contributed by atoms with Crippen molar-refractivity contribution in [3.05, 3.63) is 69.5 Å². The highest BCUT2D eigenvalue weighted by Crippen LogP contribution is 2.24. The van der Waals surface area contributed by atoms with Gasteiger partial charge in [-0.05, 0) is 31.5 Å². The molecule has 3 heteroatoms. The van der Waals surface area contributed by atoms with Gasteiger partial charge < -0.3 is 0 Å². The first-order valence-corrected chi connectivity index (χ1v) is 5.94. The Hall–Kier alpha value is -1.67. The fraction of sp³-hybridized carbons (Fsp3) is 0.133. The van der Waals surface area contributed by atoms with Gasteiger partial charge in [-0.15, -0.1) is 0 Å². The zero-order chi connectivity index (χ0) is 13.3. The van der Waals surface area contributed by atoms with Gasteiger partial charge in [0.1, 0.15) is 5.82 Å². The maximum atomic E-state index is 13.7. The molecule has 18 heavy (non-hydrogen) atoms. The van der Waals surface area contributed by atoms with E-state index < -0.39 is 5.82 Å². The molecule has 0 aliphatic rings. The van der Waals surface area contributed by atoms with Gasteiger partial charge in [0, 0.05) is 5.56 Å². The molecule has 2 rings (SSSR count). The van der Waals surface area contributed by atoms with Gasteiger partial charge in [0.05, 0.1) is 10.6 Å². The summed E-state index contributed by atoms with van der Waals surface area (Å²) in [6.45, 7) is 3.77. The largest absolute Gasteiger partial charge is 0.288 e. The molecule has 0 heterocycles. The number of aryl methyl sites for hydroxylation is 2. The van der Waals surface area contributed by atoms with Crippen molar-refractivity contribution in [3.8, 4) is 0 Å². The number of hydrogen-bond acceptors (Lipinski definition) is 1. The van der Waals surface area contributed by atoms with Gasteiger partial charge in [-0.1, -0.05) is 41.4 Å². The number of ketones is 1. The van der Waals surface area contributed by atoms with E-state index in [1.54, 1.807) is 6.07 Å². The summed E-state index contributed by atoms with van der Waals surface area (Å²) in [5, 5.41) is 0.139. The molecule has 1 nitrogen and oxygen atoms in total. The predicted molar refractivity (Wildman–Crippen MR) is 70.8 cm³/mol. The van der Waals surface area contributed by atoms with Crippen LogP contribution in [-0.4, -0.2) is 5.78 Å². The number of benzene rings is 2. The lowest BCUT2D eigenvalue weighted by Gasteiger charge is -2.08. The third-order valence-corrected chi connectivity index (χ3v) is 3.13. The third kappa shape index (κ3) is 2.29. The van der Waals surface area contributed by atoms with Crippen molar-refractivity contribution >= 4 is 17.4 Å². The molecule has 0 atom stereocenters. The zero-order valence-electron chi connectivity index (χ0n) is 10.1. The standard InChI is InChI=1S/C15H12ClFO/c1-9-6-7-11(10(2)8-9)15(18)14-12(16)4-3-5-13(14)17/h3-8H,1-2H3. The second kappa shape index (κ2) is 4.91. The Morgan fingerprint density at radius 2 is 1.89 bits per heavy atom. The maximum Gasteiger partial charge on any atom is 0.197 e. The molecule has 92 valence electrons. The van der Waals surface area contributed by atoms with Crippen molar-refractivity contribution in [2.75, 3.05) is 0 Å². The van der Waals surface area contributed by atoms with Gasteiger partial charge in [-0.25, -0.2) is 4.39 Å². The maximum absolute atomic E-state index is 13.7. The first kappa shape index (κ1) is 12.8. The molecular weight excluding hydrogens is 251 g/mol. The molecule has 0 saturated carbocycles. The van der Waals surface area contributed by atoms with E-state index in [0.717, 1.165) is 11.1 Å². The Morgan fingerprint density at radius 1 is 1.17 bits per heavy atom. The van der Waals surface area contributed by atoms with E-state index in [1.807, 2.05) is 26.0 Å². The third-order valence-electron chi connectivity index (χ3n) is 2.82. The molecule has 0 N–H and O–H groups in total. The molecule has 0 bridgehead atoms. The molecule has 0 aromatic heterocycles. The highest BCUT2D eigenvalue weighted by atomic mass is 35.5. The van der Waals surface area contributed by atoms with Crippen molar-refractivity contribution in [2.24, 2.45) is 0 Å². The van der Waals surface area contributed by atoms with Gasteiger partial charge in [-0.2, -0.15) is 0 Å². The summed E-state index contributed by atoms with van der Waals surface area (Å²) in [4.78, 5) is 12.3. The Balaban J connectivity index is 2.55. The van der Waals surface area contributed by atoms with Crippen LogP contribution in [0, 0.1) is 19.7 Å². The van der Waals surface area contributed by atoms with Gasteiger partial charge in [0.15, 0.2) is 5.78 Å². The molecule has 0 saturated heterocycles. The van der Waals surface area contributed by atoms with Crippen molar-refractivity contribution in [3.63, 3.8) is 0 Å². The lowest BCUT2D eigenvalue weighted by Crippen LogP contribution is -2.07. The van der Waals surface area contributed by atoms with Crippen LogP contribution in [0.15, 0.2) is 36.4 Å². The van der Waals surface area contributed by atoms with Crippen LogP contribution in [0.4, 0.5) is 4.39 Å². The molecular formula is C15H12ClFO. The Morgan fingerprint density at radius 3 is 2.50 bits per heavy atom. The minimum absolute atomic E-state index is 0.0638. The fourth-order valence-corrected chi connectivity index (χ4v) is 2.17. The summed E-state index contributed by atoms with van der Waals surface area (Å²) in [5.41, 5.74) is 2.29. The van der Waals surface area contributed by atoms with Crippen LogP contribution in [0.5, 0.6) is 0 Å². The summed E-state index contributed by atoms with van der Waals surface area (Å²) in [6.07, 6.45) is 0. The van der Waals surface area contributed by atoms with Crippen LogP contribution in [0.2, 0.25) is 5.02 Å². The summed E-state index contributed by atoms with van der Waals surface area (Å²) < 4.78 is 13.7. The minimum atomic E-state index is -0.590. The summed E-state index contributed by atoms with van der Waals surface area (Å²) >= 11 is 5.90. The van der Waals surface area contributed by atoms with E-state index >= 15 is 0 Å². The molecule has 0 aliphatic carbocycles. The van der Waals surface area contributed by atoms with Crippen LogP contribution in [0.1, 0.15) is 27.0 Å². The SMILES string of the molecule is Cc1ccc(C(=O)c2c(F)cccc2Cl)c(C)c1. The number of rotatable bonds is 2. The smallest absolute Gasteiger partial charge is 0.197 e. The lowest BCUT2D eigenvalue weighted by atomic mass is 9.97. The van der Waals surface area contributed by atoms with Crippen molar-refractivity contribution in [1.29, 1.82) is 0 Å². The molecule has 2 aromatic rings. The highest BCUT2D eigenvalue weighted by molar-refractivity contribution is 6.35. The average molecular weight is 263 g/mol. The normalized spacial score (nSPS) is 10.4. The lowest BCUT2D eigenvalue weighted by molar-refractivity contribution is 0.103. The van der Waals surface area contributed by atoms with Crippen molar-refractivity contribution < 1.29 is 9.18 Å². The predicted octanol–water partition coefficient (Wildman–Crippen LogP) is 4.33. The Bertz CT molecular complexity index is 600. The van der Waals surface area contributed by atoms with E-state index in [2.05, 4.69) is 0 Å². The van der Waals surface area contributed by atoms with Crippen LogP contribution in [-0.2, 0) is 0 Å². The average Bonchev–Trinajstić information content (AvgIpc) is 2.28. The molecule has 2 aromatic carbocycles. The number of carbonyl (C=O) groups excluding carboxylic acids is 1. The molecule has 0 aliphatic heterocycles. The molecule has 0 radical (unpaired) electrons. The molecule has 0 unspecified atom stereocenters. The Labute approximate surface area is 110 Å². The molecule has 0 spiro atoms. The minimum Gasteiger partial charge on any atom is -0.288 e. The summed E-state index contributed by atoms with van der Waals surface area (Å²) in [5.74, 6) is -0.969. The van der Waals surface area contributed by atoms with Crippen LogP contribution < -0.4 is 0 Å².